The number of benzene rings is 1. The number of nitrogens with one attached hydrogen (secondary N) is 1. The average Bonchev–Trinajstić information content (AvgIpc) is 3.03. The number of ether oxygens (including phenoxy) is 1. The highest BCUT2D eigenvalue weighted by Gasteiger charge is 2.37. The van der Waals surface area contributed by atoms with Gasteiger partial charge in [-0.3, -0.25) is 4.79 Å². The second kappa shape index (κ2) is 7.13. The lowest BCUT2D eigenvalue weighted by Gasteiger charge is -2.34. The van der Waals surface area contributed by atoms with Crippen LogP contribution in [0.25, 0.3) is 0 Å². The number of aromatic amines is 1. The highest BCUT2D eigenvalue weighted by molar-refractivity contribution is 6.04. The number of carbonyl (C=O) groups excluding carboxylic acids is 2. The average molecular weight is 340 g/mol. The number of esters is 1. The summed E-state index contributed by atoms with van der Waals surface area (Å²) in [5.74, 6) is 0.0422. The number of H-pyrrole nitrogens is 1. The first-order chi connectivity index (χ1) is 12.0. The molecule has 0 saturated carbocycles. The zero-order valence-corrected chi connectivity index (χ0v) is 14.9. The molecule has 0 fully saturated rings. The van der Waals surface area contributed by atoms with E-state index in [4.69, 9.17) is 4.74 Å². The second-order valence-electron chi connectivity index (χ2n) is 6.71. The minimum Gasteiger partial charge on any atom is -0.461 e. The lowest BCUT2D eigenvalue weighted by molar-refractivity contribution is -0.119. The van der Waals surface area contributed by atoms with Crippen LogP contribution in [0.2, 0.25) is 0 Å². The summed E-state index contributed by atoms with van der Waals surface area (Å²) in [6.07, 6.45) is 2.31. The molecule has 2 heterocycles. The van der Waals surface area contributed by atoms with E-state index in [2.05, 4.69) is 18.8 Å². The summed E-state index contributed by atoms with van der Waals surface area (Å²) in [4.78, 5) is 30.0. The van der Waals surface area contributed by atoms with E-state index in [-0.39, 0.29) is 11.8 Å². The molecule has 5 nitrogen and oxygen atoms in total. The molecule has 3 rings (SSSR count). The summed E-state index contributed by atoms with van der Waals surface area (Å²) >= 11 is 0. The lowest BCUT2D eigenvalue weighted by Crippen LogP contribution is -2.37. The van der Waals surface area contributed by atoms with E-state index in [0.717, 1.165) is 11.1 Å². The number of nitrogens with zero attached hydrogens (tertiary/aromatic N) is 1. The number of rotatable bonds is 5. The van der Waals surface area contributed by atoms with Crippen molar-refractivity contribution < 1.29 is 14.3 Å². The Morgan fingerprint density at radius 1 is 1.32 bits per heavy atom. The quantitative estimate of drug-likeness (QED) is 0.841. The molecule has 132 valence electrons. The van der Waals surface area contributed by atoms with Crippen molar-refractivity contribution >= 4 is 17.6 Å². The molecule has 25 heavy (non-hydrogen) atoms. The topological polar surface area (TPSA) is 62.4 Å². The molecule has 0 saturated heterocycles. The predicted molar refractivity (Wildman–Crippen MR) is 96.6 cm³/mol. The van der Waals surface area contributed by atoms with Gasteiger partial charge in [-0.05, 0) is 29.9 Å². The summed E-state index contributed by atoms with van der Waals surface area (Å²) in [7, 11) is 0. The smallest absolute Gasteiger partial charge is 0.356 e. The van der Waals surface area contributed by atoms with Crippen molar-refractivity contribution in [1.82, 2.24) is 4.98 Å². The summed E-state index contributed by atoms with van der Waals surface area (Å²) in [6.45, 7) is 6.73. The standard InChI is InChI=1S/C20H24N2O3/c1-4-25-20(24)18-19-16(11-21-18)15(13(2)3)10-17(23)22(19)12-14-8-6-5-7-9-14/h5-9,11,13,15,21H,4,10,12H2,1-3H3. The minimum absolute atomic E-state index is 0.0419. The third-order valence-electron chi connectivity index (χ3n) is 4.72. The first kappa shape index (κ1) is 17.3. The Bertz CT molecular complexity index is 765. The lowest BCUT2D eigenvalue weighted by atomic mass is 9.83. The fourth-order valence-corrected chi connectivity index (χ4v) is 3.42. The molecule has 1 aromatic heterocycles. The number of hydrogen-bond donors (Lipinski definition) is 1. The summed E-state index contributed by atoms with van der Waals surface area (Å²) in [6, 6.07) is 9.81. The molecule has 1 unspecified atom stereocenters. The van der Waals surface area contributed by atoms with Crippen molar-refractivity contribution in [2.75, 3.05) is 11.5 Å². The highest BCUT2D eigenvalue weighted by Crippen LogP contribution is 2.42. The van der Waals surface area contributed by atoms with Gasteiger partial charge in [0.1, 0.15) is 5.69 Å². The van der Waals surface area contributed by atoms with Crippen molar-refractivity contribution in [3.63, 3.8) is 0 Å². The van der Waals surface area contributed by atoms with Crippen LogP contribution in [0.5, 0.6) is 0 Å². The summed E-state index contributed by atoms with van der Waals surface area (Å²) < 4.78 is 5.17. The van der Waals surface area contributed by atoms with E-state index in [0.29, 0.717) is 36.9 Å². The van der Waals surface area contributed by atoms with Crippen molar-refractivity contribution in [2.45, 2.75) is 39.7 Å². The van der Waals surface area contributed by atoms with E-state index in [1.165, 1.54) is 0 Å². The van der Waals surface area contributed by atoms with Gasteiger partial charge < -0.3 is 14.6 Å². The highest BCUT2D eigenvalue weighted by atomic mass is 16.5. The number of aromatic nitrogens is 1. The van der Waals surface area contributed by atoms with E-state index in [1.54, 1.807) is 11.8 Å². The van der Waals surface area contributed by atoms with Crippen LogP contribution in [0.4, 0.5) is 5.69 Å². The summed E-state index contributed by atoms with van der Waals surface area (Å²) in [5.41, 5.74) is 3.10. The van der Waals surface area contributed by atoms with E-state index in [1.807, 2.05) is 36.5 Å². The molecular weight excluding hydrogens is 316 g/mol. The van der Waals surface area contributed by atoms with Crippen LogP contribution in [0.15, 0.2) is 36.5 Å². The molecular formula is C20H24N2O3. The minimum atomic E-state index is -0.418. The van der Waals surface area contributed by atoms with Gasteiger partial charge in [-0.1, -0.05) is 44.2 Å². The third-order valence-corrected chi connectivity index (χ3v) is 4.72. The Kier molecular flexibility index (Phi) is 4.93. The molecule has 1 amide bonds. The molecule has 0 radical (unpaired) electrons. The van der Waals surface area contributed by atoms with Gasteiger partial charge in [-0.2, -0.15) is 0 Å². The molecule has 1 aromatic carbocycles. The third kappa shape index (κ3) is 3.31. The fraction of sp³-hybridized carbons (Fsp3) is 0.400. The van der Waals surface area contributed by atoms with Gasteiger partial charge in [-0.15, -0.1) is 0 Å². The van der Waals surface area contributed by atoms with E-state index in [9.17, 15) is 9.59 Å². The van der Waals surface area contributed by atoms with Gasteiger partial charge in [0.2, 0.25) is 5.91 Å². The van der Waals surface area contributed by atoms with Gasteiger partial charge in [0, 0.05) is 12.6 Å². The van der Waals surface area contributed by atoms with Crippen molar-refractivity contribution in [3.05, 3.63) is 53.3 Å². The number of fused-ring (bicyclic) bond motifs is 1. The normalized spacial score (nSPS) is 16.9. The van der Waals surface area contributed by atoms with Crippen LogP contribution in [0.1, 0.15) is 54.7 Å². The Labute approximate surface area is 148 Å². The molecule has 1 aliphatic heterocycles. The van der Waals surface area contributed by atoms with Crippen LogP contribution in [-0.2, 0) is 16.1 Å². The second-order valence-corrected chi connectivity index (χ2v) is 6.71. The first-order valence-corrected chi connectivity index (χ1v) is 8.75. The Hall–Kier alpha value is -2.56. The van der Waals surface area contributed by atoms with Gasteiger partial charge in [0.15, 0.2) is 0 Å². The molecule has 5 heteroatoms. The van der Waals surface area contributed by atoms with Crippen LogP contribution in [0.3, 0.4) is 0 Å². The zero-order valence-electron chi connectivity index (χ0n) is 14.9. The molecule has 0 aliphatic carbocycles. The largest absolute Gasteiger partial charge is 0.461 e. The molecule has 1 aliphatic rings. The molecule has 1 N–H and O–H groups in total. The van der Waals surface area contributed by atoms with Gasteiger partial charge >= 0.3 is 5.97 Å². The van der Waals surface area contributed by atoms with Crippen molar-refractivity contribution in [1.29, 1.82) is 0 Å². The Morgan fingerprint density at radius 3 is 2.68 bits per heavy atom. The van der Waals surface area contributed by atoms with Crippen molar-refractivity contribution in [2.24, 2.45) is 5.92 Å². The fourth-order valence-electron chi connectivity index (χ4n) is 3.42. The number of amides is 1. The van der Waals surface area contributed by atoms with E-state index < -0.39 is 5.97 Å². The Balaban J connectivity index is 2.05. The van der Waals surface area contributed by atoms with Crippen molar-refractivity contribution in [3.8, 4) is 0 Å². The predicted octanol–water partition coefficient (Wildman–Crippen LogP) is 3.87. The SMILES string of the molecule is CCOC(=O)c1[nH]cc2c1N(Cc1ccccc1)C(=O)CC2C(C)C. The Morgan fingerprint density at radius 2 is 2.04 bits per heavy atom. The number of carbonyl (C=O) groups is 2. The van der Waals surface area contributed by atoms with Gasteiger partial charge in [0.25, 0.3) is 0 Å². The molecule has 1 atom stereocenters. The van der Waals surface area contributed by atoms with Crippen LogP contribution >= 0.6 is 0 Å². The van der Waals surface area contributed by atoms with E-state index >= 15 is 0 Å². The molecule has 0 spiro atoms. The van der Waals surface area contributed by atoms with Gasteiger partial charge in [-0.25, -0.2) is 4.79 Å². The number of anilines is 1. The van der Waals surface area contributed by atoms with Gasteiger partial charge in [0.05, 0.1) is 18.8 Å². The maximum absolute atomic E-state index is 12.9. The molecule has 2 aromatic rings. The van der Waals surface area contributed by atoms with Crippen LogP contribution < -0.4 is 4.90 Å². The maximum Gasteiger partial charge on any atom is 0.356 e. The monoisotopic (exact) mass is 340 g/mol. The zero-order chi connectivity index (χ0) is 18.0. The van der Waals surface area contributed by atoms with Crippen LogP contribution in [-0.4, -0.2) is 23.5 Å². The number of hydrogen-bond acceptors (Lipinski definition) is 3. The maximum atomic E-state index is 12.9. The molecule has 0 bridgehead atoms. The summed E-state index contributed by atoms with van der Waals surface area (Å²) in [5, 5.41) is 0. The first-order valence-electron chi connectivity index (χ1n) is 8.75. The van der Waals surface area contributed by atoms with Crippen LogP contribution in [0, 0.1) is 5.92 Å².